The maximum atomic E-state index is 9.88. The van der Waals surface area contributed by atoms with Gasteiger partial charge in [-0.25, -0.2) is 8.42 Å². The van der Waals surface area contributed by atoms with Crippen LogP contribution in [0.5, 0.6) is 0 Å². The van der Waals surface area contributed by atoms with Crippen molar-refractivity contribution in [1.82, 2.24) is 0 Å². The second-order valence-corrected chi connectivity index (χ2v) is 2.99. The van der Waals surface area contributed by atoms with E-state index < -0.39 is 9.84 Å². The Bertz CT molecular complexity index is 123. The predicted octanol–water partition coefficient (Wildman–Crippen LogP) is 0.596. The average molecular weight is 143 g/mol. The van der Waals surface area contributed by atoms with Crippen molar-refractivity contribution in [2.24, 2.45) is 0 Å². The molecule has 0 saturated heterocycles. The third-order valence-electron chi connectivity index (χ3n) is 0.303. The minimum absolute atomic E-state index is 0. The molecule has 0 aromatic rings. The lowest BCUT2D eigenvalue weighted by molar-refractivity contribution is 0.610. The van der Waals surface area contributed by atoms with Crippen molar-refractivity contribution < 1.29 is 8.42 Å². The summed E-state index contributed by atoms with van der Waals surface area (Å²) in [5.41, 5.74) is 0. The van der Waals surface area contributed by atoms with Crippen molar-refractivity contribution >= 4 is 22.2 Å². The second-order valence-electron chi connectivity index (χ2n) is 0.996. The van der Waals surface area contributed by atoms with E-state index in [2.05, 4.69) is 6.58 Å². The lowest BCUT2D eigenvalue weighted by atomic mass is 11.3. The van der Waals surface area contributed by atoms with Gasteiger partial charge in [0, 0.05) is 11.7 Å². The molecule has 0 aliphatic heterocycles. The highest BCUT2D eigenvalue weighted by molar-refractivity contribution is 7.93. The topological polar surface area (TPSA) is 34.1 Å². The molecule has 44 valence electrons. The molecule has 0 aliphatic rings. The molecular weight excluding hydrogens is 136 g/mol. The van der Waals surface area contributed by atoms with Crippen LogP contribution in [0.15, 0.2) is 12.0 Å². The highest BCUT2D eigenvalue weighted by atomic mass is 35.5. The van der Waals surface area contributed by atoms with Gasteiger partial charge in [0.15, 0.2) is 9.84 Å². The van der Waals surface area contributed by atoms with E-state index >= 15 is 0 Å². The second kappa shape index (κ2) is 3.04. The van der Waals surface area contributed by atoms with Crippen molar-refractivity contribution in [3.05, 3.63) is 12.0 Å². The molecule has 0 radical (unpaired) electrons. The molecule has 0 amide bonds. The lowest BCUT2D eigenvalue weighted by Gasteiger charge is -1.74. The molecule has 7 heavy (non-hydrogen) atoms. The molecule has 0 bridgehead atoms. The SMILES string of the molecule is C=CS(C)(=O)=O.Cl. The molecule has 0 aliphatic carbocycles. The summed E-state index contributed by atoms with van der Waals surface area (Å²) < 4.78 is 19.8. The van der Waals surface area contributed by atoms with Gasteiger partial charge in [0.2, 0.25) is 0 Å². The van der Waals surface area contributed by atoms with Crippen molar-refractivity contribution in [2.45, 2.75) is 0 Å². The normalized spacial score (nSPS) is 9.29. The van der Waals surface area contributed by atoms with Crippen molar-refractivity contribution in [3.63, 3.8) is 0 Å². The van der Waals surface area contributed by atoms with Crippen molar-refractivity contribution in [2.75, 3.05) is 6.26 Å². The fourth-order valence-corrected chi connectivity index (χ4v) is 0. The van der Waals surface area contributed by atoms with Gasteiger partial charge in [-0.05, 0) is 0 Å². The van der Waals surface area contributed by atoms with E-state index in [1.54, 1.807) is 0 Å². The first-order valence-electron chi connectivity index (χ1n) is 1.39. The van der Waals surface area contributed by atoms with E-state index in [4.69, 9.17) is 0 Å². The number of hydrogen-bond donors (Lipinski definition) is 0. The van der Waals surface area contributed by atoms with Crippen LogP contribution in [0.3, 0.4) is 0 Å². The standard InChI is InChI=1S/C3H6O2S.ClH/c1-3-6(2,4)5;/h3H,1H2,2H3;1H. The zero-order valence-corrected chi connectivity index (χ0v) is 5.55. The van der Waals surface area contributed by atoms with Gasteiger partial charge < -0.3 is 0 Å². The zero-order valence-electron chi connectivity index (χ0n) is 3.92. The Labute approximate surface area is 49.6 Å². The first-order valence-corrected chi connectivity index (χ1v) is 3.34. The van der Waals surface area contributed by atoms with Gasteiger partial charge in [-0.1, -0.05) is 6.58 Å². The third kappa shape index (κ3) is 10.7. The van der Waals surface area contributed by atoms with Gasteiger partial charge in [0.25, 0.3) is 0 Å². The summed E-state index contributed by atoms with van der Waals surface area (Å²) in [5, 5.41) is 0.910. The Balaban J connectivity index is 0. The third-order valence-corrected chi connectivity index (χ3v) is 0.908. The van der Waals surface area contributed by atoms with Gasteiger partial charge in [-0.3, -0.25) is 0 Å². The first-order chi connectivity index (χ1) is 2.56. The fraction of sp³-hybridized carbons (Fsp3) is 0.333. The highest BCUT2D eigenvalue weighted by Gasteiger charge is 1.85. The number of hydrogen-bond acceptors (Lipinski definition) is 2. The molecule has 0 rings (SSSR count). The molecule has 0 spiro atoms. The summed E-state index contributed by atoms with van der Waals surface area (Å²) in [6.07, 6.45) is 1.10. The summed E-state index contributed by atoms with van der Waals surface area (Å²) >= 11 is 0. The Kier molecular flexibility index (Phi) is 4.38. The minimum Gasteiger partial charge on any atom is -0.225 e. The van der Waals surface area contributed by atoms with Crippen LogP contribution in [-0.4, -0.2) is 14.7 Å². The van der Waals surface area contributed by atoms with E-state index in [0.717, 1.165) is 11.7 Å². The fourth-order valence-electron chi connectivity index (χ4n) is 0. The van der Waals surface area contributed by atoms with Crippen LogP contribution in [0.1, 0.15) is 0 Å². The van der Waals surface area contributed by atoms with Gasteiger partial charge >= 0.3 is 0 Å². The molecule has 0 saturated carbocycles. The van der Waals surface area contributed by atoms with Crippen LogP contribution in [0, 0.1) is 0 Å². The summed E-state index contributed by atoms with van der Waals surface area (Å²) in [6, 6.07) is 0. The Morgan fingerprint density at radius 2 is 1.71 bits per heavy atom. The van der Waals surface area contributed by atoms with E-state index in [1.807, 2.05) is 0 Å². The quantitative estimate of drug-likeness (QED) is 0.537. The van der Waals surface area contributed by atoms with Crippen LogP contribution < -0.4 is 0 Å². The smallest absolute Gasteiger partial charge is 0.168 e. The first kappa shape index (κ1) is 10.1. The van der Waals surface area contributed by atoms with Crippen LogP contribution in [-0.2, 0) is 9.84 Å². The molecule has 2 nitrogen and oxygen atoms in total. The van der Waals surface area contributed by atoms with Gasteiger partial charge in [0.1, 0.15) is 0 Å². The van der Waals surface area contributed by atoms with Crippen molar-refractivity contribution in [1.29, 1.82) is 0 Å². The van der Waals surface area contributed by atoms with E-state index in [-0.39, 0.29) is 12.4 Å². The Morgan fingerprint density at radius 1 is 1.57 bits per heavy atom. The van der Waals surface area contributed by atoms with E-state index in [1.165, 1.54) is 0 Å². The van der Waals surface area contributed by atoms with E-state index in [0.29, 0.717) is 0 Å². The molecular formula is C3H7ClO2S. The highest BCUT2D eigenvalue weighted by Crippen LogP contribution is 1.76. The van der Waals surface area contributed by atoms with Gasteiger partial charge in [-0.2, -0.15) is 0 Å². The van der Waals surface area contributed by atoms with E-state index in [9.17, 15) is 8.42 Å². The molecule has 0 atom stereocenters. The lowest BCUT2D eigenvalue weighted by Crippen LogP contribution is -1.84. The number of halogens is 1. The molecule has 0 aromatic carbocycles. The largest absolute Gasteiger partial charge is 0.225 e. The van der Waals surface area contributed by atoms with Crippen LogP contribution in [0.25, 0.3) is 0 Å². The summed E-state index contributed by atoms with van der Waals surface area (Å²) in [6.45, 7) is 3.04. The molecule has 0 fully saturated rings. The van der Waals surface area contributed by atoms with Gasteiger partial charge in [-0.15, -0.1) is 12.4 Å². The Morgan fingerprint density at radius 3 is 1.71 bits per heavy atom. The average Bonchev–Trinajstić information content (AvgIpc) is 1.35. The molecule has 0 heterocycles. The number of sulfone groups is 1. The number of rotatable bonds is 1. The maximum Gasteiger partial charge on any atom is 0.168 e. The van der Waals surface area contributed by atoms with Crippen LogP contribution in [0.2, 0.25) is 0 Å². The molecule has 4 heteroatoms. The zero-order chi connectivity index (χ0) is 5.21. The minimum atomic E-state index is -2.90. The monoisotopic (exact) mass is 142 g/mol. The van der Waals surface area contributed by atoms with Crippen molar-refractivity contribution in [3.8, 4) is 0 Å². The summed E-state index contributed by atoms with van der Waals surface area (Å²) in [4.78, 5) is 0. The predicted molar refractivity (Wildman–Crippen MR) is 32.3 cm³/mol. The summed E-state index contributed by atoms with van der Waals surface area (Å²) in [7, 11) is -2.90. The molecule has 0 N–H and O–H groups in total. The summed E-state index contributed by atoms with van der Waals surface area (Å²) in [5.74, 6) is 0. The molecule has 0 unspecified atom stereocenters. The van der Waals surface area contributed by atoms with Crippen LogP contribution in [0.4, 0.5) is 0 Å². The van der Waals surface area contributed by atoms with Crippen LogP contribution >= 0.6 is 12.4 Å². The Hall–Kier alpha value is -0.0200. The molecule has 0 aromatic heterocycles. The van der Waals surface area contributed by atoms with Gasteiger partial charge in [0.05, 0.1) is 0 Å². The maximum absolute atomic E-state index is 9.88.